The van der Waals surface area contributed by atoms with Crippen LogP contribution in [0, 0.1) is 0 Å². The van der Waals surface area contributed by atoms with Crippen LogP contribution in [-0.2, 0) is 14.8 Å². The van der Waals surface area contributed by atoms with E-state index in [4.69, 9.17) is 33.1 Å². The molecule has 0 fully saturated rings. The first-order valence-corrected chi connectivity index (χ1v) is 8.56. The Hall–Kier alpha value is -1.80. The summed E-state index contributed by atoms with van der Waals surface area (Å²) < 4.78 is 27.5. The maximum Gasteiger partial charge on any atom is 0.262 e. The lowest BCUT2D eigenvalue weighted by molar-refractivity contribution is -0.118. The van der Waals surface area contributed by atoms with Crippen LogP contribution >= 0.6 is 23.2 Å². The van der Waals surface area contributed by atoms with E-state index in [0.717, 1.165) is 0 Å². The first kappa shape index (κ1) is 17.6. The van der Waals surface area contributed by atoms with Crippen LogP contribution in [0.1, 0.15) is 0 Å². The van der Waals surface area contributed by atoms with Gasteiger partial charge in [0.2, 0.25) is 10.0 Å². The first-order chi connectivity index (χ1) is 10.7. The minimum absolute atomic E-state index is 0.0414. The van der Waals surface area contributed by atoms with Crippen molar-refractivity contribution in [3.8, 4) is 5.75 Å². The molecule has 0 saturated heterocycles. The molecule has 0 aliphatic rings. The number of rotatable bonds is 5. The molecule has 0 bridgehead atoms. The molecule has 6 nitrogen and oxygen atoms in total. The Bertz CT molecular complexity index is 803. The van der Waals surface area contributed by atoms with E-state index in [1.165, 1.54) is 36.4 Å². The fourth-order valence-corrected chi connectivity index (χ4v) is 2.71. The molecule has 0 saturated carbocycles. The van der Waals surface area contributed by atoms with E-state index in [1.54, 1.807) is 6.07 Å². The summed E-state index contributed by atoms with van der Waals surface area (Å²) in [5.41, 5.74) is 0.412. The Morgan fingerprint density at radius 3 is 2.17 bits per heavy atom. The van der Waals surface area contributed by atoms with Crippen molar-refractivity contribution >= 4 is 44.8 Å². The maximum absolute atomic E-state index is 11.8. The topological polar surface area (TPSA) is 98.5 Å². The van der Waals surface area contributed by atoms with Gasteiger partial charge in [-0.25, -0.2) is 13.6 Å². The third-order valence-corrected chi connectivity index (χ3v) is 4.04. The van der Waals surface area contributed by atoms with Crippen molar-refractivity contribution in [3.05, 3.63) is 52.5 Å². The molecule has 122 valence electrons. The Labute approximate surface area is 143 Å². The number of hydrogen-bond acceptors (Lipinski definition) is 4. The lowest BCUT2D eigenvalue weighted by atomic mass is 10.3. The van der Waals surface area contributed by atoms with Gasteiger partial charge in [0.1, 0.15) is 5.75 Å². The zero-order valence-corrected chi connectivity index (χ0v) is 14.0. The Kier molecular flexibility index (Phi) is 5.48. The third kappa shape index (κ3) is 5.40. The van der Waals surface area contributed by atoms with E-state index in [-0.39, 0.29) is 11.5 Å². The number of nitrogens with two attached hydrogens (primary N) is 1. The summed E-state index contributed by atoms with van der Waals surface area (Å²) >= 11 is 11.6. The van der Waals surface area contributed by atoms with E-state index >= 15 is 0 Å². The molecule has 0 spiro atoms. The fourth-order valence-electron chi connectivity index (χ4n) is 1.69. The normalized spacial score (nSPS) is 11.1. The number of primary sulfonamides is 1. The second-order valence-electron chi connectivity index (χ2n) is 4.51. The quantitative estimate of drug-likeness (QED) is 0.839. The molecule has 0 radical (unpaired) electrons. The minimum Gasteiger partial charge on any atom is -0.484 e. The number of hydrogen-bond donors (Lipinski definition) is 2. The molecule has 2 rings (SSSR count). The van der Waals surface area contributed by atoms with Crippen LogP contribution in [0.3, 0.4) is 0 Å². The molecule has 2 aromatic rings. The Morgan fingerprint density at radius 1 is 1.09 bits per heavy atom. The highest BCUT2D eigenvalue weighted by Crippen LogP contribution is 2.24. The molecule has 3 N–H and O–H groups in total. The van der Waals surface area contributed by atoms with Gasteiger partial charge in [-0.05, 0) is 42.5 Å². The van der Waals surface area contributed by atoms with Crippen LogP contribution in [0.15, 0.2) is 47.4 Å². The molecular weight excluding hydrogens is 363 g/mol. The van der Waals surface area contributed by atoms with Crippen molar-refractivity contribution in [1.82, 2.24) is 0 Å². The van der Waals surface area contributed by atoms with E-state index in [9.17, 15) is 13.2 Å². The lowest BCUT2D eigenvalue weighted by Gasteiger charge is -2.08. The molecule has 0 atom stereocenters. The van der Waals surface area contributed by atoms with Gasteiger partial charge < -0.3 is 10.1 Å². The van der Waals surface area contributed by atoms with Gasteiger partial charge in [-0.2, -0.15) is 0 Å². The van der Waals surface area contributed by atoms with E-state index in [2.05, 4.69) is 5.32 Å². The van der Waals surface area contributed by atoms with Crippen LogP contribution < -0.4 is 15.2 Å². The summed E-state index contributed by atoms with van der Waals surface area (Å²) in [5.74, 6) is -0.0633. The number of benzene rings is 2. The van der Waals surface area contributed by atoms with Gasteiger partial charge in [0.05, 0.1) is 4.90 Å². The van der Waals surface area contributed by atoms with Crippen molar-refractivity contribution in [2.24, 2.45) is 5.14 Å². The number of anilines is 1. The standard InChI is InChI=1S/C14H12Cl2N2O4S/c15-9-5-10(16)7-12(6-9)22-8-14(19)18-11-1-3-13(4-2-11)23(17,20)21/h1-7H,8H2,(H,18,19)(H2,17,20,21). The van der Waals surface area contributed by atoms with Gasteiger partial charge in [0, 0.05) is 15.7 Å². The Balaban J connectivity index is 1.94. The predicted octanol–water partition coefficient (Wildman–Crippen LogP) is 2.66. The van der Waals surface area contributed by atoms with Crippen LogP contribution in [0.5, 0.6) is 5.75 Å². The second kappa shape index (κ2) is 7.18. The van der Waals surface area contributed by atoms with Crippen molar-refractivity contribution in [2.45, 2.75) is 4.90 Å². The SMILES string of the molecule is NS(=O)(=O)c1ccc(NC(=O)COc2cc(Cl)cc(Cl)c2)cc1. The number of ether oxygens (including phenoxy) is 1. The number of carbonyl (C=O) groups excluding carboxylic acids is 1. The van der Waals surface area contributed by atoms with E-state index < -0.39 is 15.9 Å². The lowest BCUT2D eigenvalue weighted by Crippen LogP contribution is -2.20. The average Bonchev–Trinajstić information content (AvgIpc) is 2.44. The second-order valence-corrected chi connectivity index (χ2v) is 6.95. The number of sulfonamides is 1. The van der Waals surface area contributed by atoms with Gasteiger partial charge in [-0.3, -0.25) is 4.79 Å². The van der Waals surface area contributed by atoms with Crippen LogP contribution in [0.25, 0.3) is 0 Å². The molecule has 0 unspecified atom stereocenters. The summed E-state index contributed by atoms with van der Waals surface area (Å²) in [6, 6.07) is 10.0. The smallest absolute Gasteiger partial charge is 0.262 e. The molecular formula is C14H12Cl2N2O4S. The van der Waals surface area contributed by atoms with E-state index in [0.29, 0.717) is 21.5 Å². The summed E-state index contributed by atoms with van der Waals surface area (Å²) in [7, 11) is -3.76. The molecule has 1 amide bonds. The molecule has 0 heterocycles. The summed E-state index contributed by atoms with van der Waals surface area (Å²) in [5, 5.41) is 8.33. The fraction of sp³-hybridized carbons (Fsp3) is 0.0714. The van der Waals surface area contributed by atoms with E-state index in [1.807, 2.05) is 0 Å². The Morgan fingerprint density at radius 2 is 1.65 bits per heavy atom. The summed E-state index contributed by atoms with van der Waals surface area (Å²) in [6.45, 7) is -0.256. The highest BCUT2D eigenvalue weighted by Gasteiger charge is 2.09. The van der Waals surface area contributed by atoms with Gasteiger partial charge in [0.15, 0.2) is 6.61 Å². The number of carbonyl (C=O) groups is 1. The van der Waals surface area contributed by atoms with Crippen molar-refractivity contribution in [1.29, 1.82) is 0 Å². The largest absolute Gasteiger partial charge is 0.484 e. The van der Waals surface area contributed by atoms with Crippen molar-refractivity contribution in [2.75, 3.05) is 11.9 Å². The molecule has 23 heavy (non-hydrogen) atoms. The minimum atomic E-state index is -3.76. The van der Waals surface area contributed by atoms with Gasteiger partial charge in [0.25, 0.3) is 5.91 Å². The van der Waals surface area contributed by atoms with Crippen molar-refractivity contribution < 1.29 is 17.9 Å². The average molecular weight is 375 g/mol. The molecule has 2 aromatic carbocycles. The predicted molar refractivity (Wildman–Crippen MR) is 88.4 cm³/mol. The molecule has 0 aliphatic carbocycles. The highest BCUT2D eigenvalue weighted by atomic mass is 35.5. The summed E-state index contributed by atoms with van der Waals surface area (Å²) in [6.07, 6.45) is 0. The van der Waals surface area contributed by atoms with Gasteiger partial charge in [-0.15, -0.1) is 0 Å². The van der Waals surface area contributed by atoms with Gasteiger partial charge >= 0.3 is 0 Å². The zero-order valence-electron chi connectivity index (χ0n) is 11.6. The monoisotopic (exact) mass is 374 g/mol. The van der Waals surface area contributed by atoms with Crippen LogP contribution in [-0.4, -0.2) is 20.9 Å². The van der Waals surface area contributed by atoms with Gasteiger partial charge in [-0.1, -0.05) is 23.2 Å². The third-order valence-electron chi connectivity index (χ3n) is 2.67. The molecule has 0 aromatic heterocycles. The number of amides is 1. The van der Waals surface area contributed by atoms with Crippen molar-refractivity contribution in [3.63, 3.8) is 0 Å². The number of halogens is 2. The maximum atomic E-state index is 11.8. The van der Waals surface area contributed by atoms with Crippen LogP contribution in [0.4, 0.5) is 5.69 Å². The molecule has 0 aliphatic heterocycles. The first-order valence-electron chi connectivity index (χ1n) is 6.26. The summed E-state index contributed by atoms with van der Waals surface area (Å²) in [4.78, 5) is 11.8. The van der Waals surface area contributed by atoms with Crippen LogP contribution in [0.2, 0.25) is 10.0 Å². The number of nitrogens with one attached hydrogen (secondary N) is 1. The highest BCUT2D eigenvalue weighted by molar-refractivity contribution is 7.89. The zero-order chi connectivity index (χ0) is 17.0. The molecule has 9 heteroatoms.